The number of hydrogen-bond acceptors (Lipinski definition) is 5. The summed E-state index contributed by atoms with van der Waals surface area (Å²) in [5.74, 6) is -0.792. The molecule has 4 rings (SSSR count). The van der Waals surface area contributed by atoms with E-state index in [1.807, 2.05) is 0 Å². The lowest BCUT2D eigenvalue weighted by Gasteiger charge is -2.12. The Balaban J connectivity index is 1.73. The van der Waals surface area contributed by atoms with Crippen molar-refractivity contribution >= 4 is 28.6 Å². The van der Waals surface area contributed by atoms with Gasteiger partial charge in [0.15, 0.2) is 0 Å². The van der Waals surface area contributed by atoms with E-state index in [9.17, 15) is 9.90 Å². The number of carboxylic acids is 1. The Morgan fingerprint density at radius 1 is 1.35 bits per heavy atom. The molecule has 0 atom stereocenters. The standard InChI is InChI=1S/C15H11ClN4O3/c16-8-3-9-10(5-19-13(9)18-4-8)11-6-17-7-12(20-11)23-15(1-2-15)14(21)22/h3-7H,1-2H2,(H,18,19)(H,21,22). The first-order valence-electron chi connectivity index (χ1n) is 6.95. The van der Waals surface area contributed by atoms with E-state index in [0.717, 1.165) is 10.9 Å². The van der Waals surface area contributed by atoms with Crippen LogP contribution in [-0.2, 0) is 4.79 Å². The molecule has 0 unspecified atom stereocenters. The molecule has 0 aromatic carbocycles. The van der Waals surface area contributed by atoms with Gasteiger partial charge in [-0.15, -0.1) is 0 Å². The van der Waals surface area contributed by atoms with Crippen molar-refractivity contribution in [1.82, 2.24) is 19.9 Å². The van der Waals surface area contributed by atoms with E-state index in [0.29, 0.717) is 29.2 Å². The molecule has 1 aliphatic rings. The molecular formula is C15H11ClN4O3. The Morgan fingerprint density at radius 2 is 2.17 bits per heavy atom. The van der Waals surface area contributed by atoms with Crippen molar-refractivity contribution in [3.63, 3.8) is 0 Å². The molecule has 1 aliphatic carbocycles. The lowest BCUT2D eigenvalue weighted by Crippen LogP contribution is -2.29. The highest BCUT2D eigenvalue weighted by Gasteiger charge is 2.54. The molecule has 116 valence electrons. The number of aliphatic carboxylic acids is 1. The van der Waals surface area contributed by atoms with Crippen molar-refractivity contribution in [2.24, 2.45) is 0 Å². The van der Waals surface area contributed by atoms with E-state index in [-0.39, 0.29) is 5.88 Å². The van der Waals surface area contributed by atoms with Gasteiger partial charge in [-0.3, -0.25) is 4.98 Å². The van der Waals surface area contributed by atoms with Crippen LogP contribution >= 0.6 is 11.6 Å². The average Bonchev–Trinajstić information content (AvgIpc) is 3.20. The fraction of sp³-hybridized carbons (Fsp3) is 0.200. The number of carbonyl (C=O) groups is 1. The minimum atomic E-state index is -1.15. The van der Waals surface area contributed by atoms with Crippen LogP contribution < -0.4 is 4.74 Å². The minimum absolute atomic E-state index is 0.187. The highest BCUT2D eigenvalue weighted by atomic mass is 35.5. The number of aromatic amines is 1. The van der Waals surface area contributed by atoms with Crippen LogP contribution in [0.5, 0.6) is 5.88 Å². The molecule has 8 heteroatoms. The fourth-order valence-corrected chi connectivity index (χ4v) is 2.55. The number of rotatable bonds is 4. The van der Waals surface area contributed by atoms with E-state index >= 15 is 0 Å². The number of halogens is 1. The zero-order valence-corrected chi connectivity index (χ0v) is 12.5. The zero-order valence-electron chi connectivity index (χ0n) is 11.8. The molecule has 0 spiro atoms. The van der Waals surface area contributed by atoms with Crippen molar-refractivity contribution in [2.45, 2.75) is 18.4 Å². The summed E-state index contributed by atoms with van der Waals surface area (Å²) in [5.41, 5.74) is 0.854. The number of pyridine rings is 1. The van der Waals surface area contributed by atoms with Crippen LogP contribution in [0.15, 0.2) is 30.9 Å². The lowest BCUT2D eigenvalue weighted by molar-refractivity contribution is -0.147. The van der Waals surface area contributed by atoms with E-state index in [4.69, 9.17) is 16.3 Å². The molecule has 23 heavy (non-hydrogen) atoms. The largest absolute Gasteiger partial charge is 0.478 e. The van der Waals surface area contributed by atoms with Gasteiger partial charge in [0.25, 0.3) is 0 Å². The molecular weight excluding hydrogens is 320 g/mol. The van der Waals surface area contributed by atoms with Gasteiger partial charge in [0, 0.05) is 36.2 Å². The Kier molecular flexibility index (Phi) is 2.99. The summed E-state index contributed by atoms with van der Waals surface area (Å²) in [6, 6.07) is 1.78. The highest BCUT2D eigenvalue weighted by Crippen LogP contribution is 2.40. The second-order valence-electron chi connectivity index (χ2n) is 5.40. The SMILES string of the molecule is O=C(O)C1(Oc2cncc(-c3c[nH]c4ncc(Cl)cc34)n2)CC1. The number of hydrogen-bond donors (Lipinski definition) is 2. The molecule has 3 aromatic heterocycles. The molecule has 7 nitrogen and oxygen atoms in total. The van der Waals surface area contributed by atoms with Crippen LogP contribution in [0.1, 0.15) is 12.8 Å². The Labute approximate surface area is 135 Å². The Morgan fingerprint density at radius 3 is 2.91 bits per heavy atom. The fourth-order valence-electron chi connectivity index (χ4n) is 2.39. The topological polar surface area (TPSA) is 101 Å². The predicted molar refractivity (Wildman–Crippen MR) is 82.4 cm³/mol. The number of fused-ring (bicyclic) bond motifs is 1. The molecule has 0 radical (unpaired) electrons. The maximum atomic E-state index is 11.2. The van der Waals surface area contributed by atoms with Crippen LogP contribution in [0.25, 0.3) is 22.3 Å². The van der Waals surface area contributed by atoms with Gasteiger partial charge in [0.05, 0.1) is 23.1 Å². The lowest BCUT2D eigenvalue weighted by atomic mass is 10.2. The molecule has 0 amide bonds. The van der Waals surface area contributed by atoms with E-state index in [1.54, 1.807) is 24.7 Å². The summed E-state index contributed by atoms with van der Waals surface area (Å²) in [6.45, 7) is 0. The van der Waals surface area contributed by atoms with Crippen molar-refractivity contribution in [3.8, 4) is 17.1 Å². The number of nitrogens with one attached hydrogen (secondary N) is 1. The predicted octanol–water partition coefficient (Wildman–Crippen LogP) is 2.67. The summed E-state index contributed by atoms with van der Waals surface area (Å²) >= 11 is 5.99. The quantitative estimate of drug-likeness (QED) is 0.762. The Hall–Kier alpha value is -2.67. The van der Waals surface area contributed by atoms with E-state index in [1.165, 1.54) is 6.20 Å². The minimum Gasteiger partial charge on any atom is -0.478 e. The van der Waals surface area contributed by atoms with Crippen molar-refractivity contribution in [1.29, 1.82) is 0 Å². The molecule has 0 aliphatic heterocycles. The van der Waals surface area contributed by atoms with Gasteiger partial charge in [-0.1, -0.05) is 11.6 Å². The first kappa shape index (κ1) is 14.0. The van der Waals surface area contributed by atoms with Gasteiger partial charge < -0.3 is 14.8 Å². The zero-order chi connectivity index (χ0) is 16.0. The summed E-state index contributed by atoms with van der Waals surface area (Å²) in [5, 5.41) is 10.5. The summed E-state index contributed by atoms with van der Waals surface area (Å²) in [4.78, 5) is 26.9. The normalized spacial score (nSPS) is 15.5. The number of carboxylic acid groups (broad SMARTS) is 1. The van der Waals surface area contributed by atoms with E-state index < -0.39 is 11.6 Å². The second kappa shape index (κ2) is 4.92. The van der Waals surface area contributed by atoms with Crippen LogP contribution in [-0.4, -0.2) is 36.6 Å². The molecule has 1 saturated carbocycles. The highest BCUT2D eigenvalue weighted by molar-refractivity contribution is 6.31. The van der Waals surface area contributed by atoms with Gasteiger partial charge >= 0.3 is 5.97 Å². The summed E-state index contributed by atoms with van der Waals surface area (Å²) in [6.07, 6.45) is 7.25. The van der Waals surface area contributed by atoms with Crippen LogP contribution in [0.3, 0.4) is 0 Å². The molecule has 3 aromatic rings. The van der Waals surface area contributed by atoms with Crippen molar-refractivity contribution in [3.05, 3.63) is 35.9 Å². The van der Waals surface area contributed by atoms with Gasteiger partial charge in [0.2, 0.25) is 11.5 Å². The van der Waals surface area contributed by atoms with Crippen molar-refractivity contribution in [2.75, 3.05) is 0 Å². The second-order valence-corrected chi connectivity index (χ2v) is 5.83. The van der Waals surface area contributed by atoms with Gasteiger partial charge in [-0.25, -0.2) is 14.8 Å². The molecule has 0 saturated heterocycles. The number of aromatic nitrogens is 4. The number of H-pyrrole nitrogens is 1. The summed E-state index contributed by atoms with van der Waals surface area (Å²) in [7, 11) is 0. The maximum absolute atomic E-state index is 11.2. The van der Waals surface area contributed by atoms with Crippen LogP contribution in [0.2, 0.25) is 5.02 Å². The van der Waals surface area contributed by atoms with E-state index in [2.05, 4.69) is 19.9 Å². The molecule has 3 heterocycles. The monoisotopic (exact) mass is 330 g/mol. The van der Waals surface area contributed by atoms with Gasteiger partial charge in [-0.05, 0) is 6.07 Å². The smallest absolute Gasteiger partial charge is 0.348 e. The third kappa shape index (κ3) is 2.39. The molecule has 0 bridgehead atoms. The molecule has 1 fully saturated rings. The summed E-state index contributed by atoms with van der Waals surface area (Å²) < 4.78 is 5.52. The third-order valence-corrected chi connectivity index (χ3v) is 3.99. The average molecular weight is 331 g/mol. The first-order valence-corrected chi connectivity index (χ1v) is 7.33. The van der Waals surface area contributed by atoms with Gasteiger partial charge in [-0.2, -0.15) is 0 Å². The molecule has 2 N–H and O–H groups in total. The first-order chi connectivity index (χ1) is 11.1. The maximum Gasteiger partial charge on any atom is 0.348 e. The van der Waals surface area contributed by atoms with Crippen LogP contribution in [0, 0.1) is 0 Å². The van der Waals surface area contributed by atoms with Crippen LogP contribution in [0.4, 0.5) is 0 Å². The Bertz CT molecular complexity index is 920. The number of ether oxygens (including phenoxy) is 1. The van der Waals surface area contributed by atoms with Crippen molar-refractivity contribution < 1.29 is 14.6 Å². The number of nitrogens with zero attached hydrogens (tertiary/aromatic N) is 3. The van der Waals surface area contributed by atoms with Gasteiger partial charge in [0.1, 0.15) is 5.65 Å². The third-order valence-electron chi connectivity index (χ3n) is 3.78.